The lowest BCUT2D eigenvalue weighted by Gasteiger charge is -2.18. The molecule has 2 N–H and O–H groups in total. The Morgan fingerprint density at radius 3 is 2.62 bits per heavy atom. The molecule has 0 bridgehead atoms. The highest BCUT2D eigenvalue weighted by Gasteiger charge is 2.16. The zero-order chi connectivity index (χ0) is 17.5. The van der Waals surface area contributed by atoms with Gasteiger partial charge in [0.25, 0.3) is 5.91 Å². The minimum absolute atomic E-state index is 0.00639. The van der Waals surface area contributed by atoms with Crippen LogP contribution >= 0.6 is 15.9 Å². The van der Waals surface area contributed by atoms with Crippen molar-refractivity contribution in [3.8, 4) is 5.75 Å². The predicted molar refractivity (Wildman–Crippen MR) is 99.2 cm³/mol. The van der Waals surface area contributed by atoms with Crippen molar-refractivity contribution >= 4 is 21.8 Å². The number of amides is 1. The average molecular weight is 392 g/mol. The monoisotopic (exact) mass is 391 g/mol. The summed E-state index contributed by atoms with van der Waals surface area (Å²) in [5, 5.41) is 3.05. The SMILES string of the molecule is COc1ccc(Br)cc1C[NH+](C)CC(=O)N[C@@H](C)c1ccccc1. The molecule has 5 heteroatoms. The molecule has 128 valence electrons. The molecule has 4 nitrogen and oxygen atoms in total. The van der Waals surface area contributed by atoms with Crippen molar-refractivity contribution in [1.82, 2.24) is 5.32 Å². The van der Waals surface area contributed by atoms with Crippen molar-refractivity contribution in [3.05, 3.63) is 64.1 Å². The van der Waals surface area contributed by atoms with Crippen LogP contribution in [0.5, 0.6) is 5.75 Å². The molecule has 0 saturated carbocycles. The van der Waals surface area contributed by atoms with Gasteiger partial charge in [0.05, 0.1) is 20.2 Å². The second kappa shape index (κ2) is 8.85. The molecular formula is C19H24BrN2O2+. The topological polar surface area (TPSA) is 42.8 Å². The largest absolute Gasteiger partial charge is 0.496 e. The third-order valence-electron chi connectivity index (χ3n) is 3.87. The minimum atomic E-state index is 0.00639. The minimum Gasteiger partial charge on any atom is -0.496 e. The Hall–Kier alpha value is -1.85. The quantitative estimate of drug-likeness (QED) is 0.760. The molecule has 0 radical (unpaired) electrons. The third-order valence-corrected chi connectivity index (χ3v) is 4.37. The molecule has 0 aromatic heterocycles. The molecule has 0 saturated heterocycles. The summed E-state index contributed by atoms with van der Waals surface area (Å²) < 4.78 is 6.40. The maximum Gasteiger partial charge on any atom is 0.275 e. The van der Waals surface area contributed by atoms with E-state index in [9.17, 15) is 4.79 Å². The zero-order valence-corrected chi connectivity index (χ0v) is 15.9. The van der Waals surface area contributed by atoms with Crippen molar-refractivity contribution in [3.63, 3.8) is 0 Å². The fourth-order valence-electron chi connectivity index (χ4n) is 2.66. The van der Waals surface area contributed by atoms with Gasteiger partial charge in [-0.2, -0.15) is 0 Å². The predicted octanol–water partition coefficient (Wildman–Crippen LogP) is 2.35. The zero-order valence-electron chi connectivity index (χ0n) is 14.3. The molecule has 24 heavy (non-hydrogen) atoms. The molecule has 0 heterocycles. The van der Waals surface area contributed by atoms with Gasteiger partial charge in [-0.1, -0.05) is 46.3 Å². The first-order chi connectivity index (χ1) is 11.5. The van der Waals surface area contributed by atoms with Crippen molar-refractivity contribution in [2.24, 2.45) is 0 Å². The van der Waals surface area contributed by atoms with Crippen LogP contribution in [0.25, 0.3) is 0 Å². The Morgan fingerprint density at radius 1 is 1.25 bits per heavy atom. The summed E-state index contributed by atoms with van der Waals surface area (Å²) in [6, 6.07) is 15.9. The van der Waals surface area contributed by atoms with Gasteiger partial charge >= 0.3 is 0 Å². The highest BCUT2D eigenvalue weighted by Crippen LogP contribution is 2.22. The summed E-state index contributed by atoms with van der Waals surface area (Å²) in [6.07, 6.45) is 0. The van der Waals surface area contributed by atoms with Crippen LogP contribution in [-0.4, -0.2) is 26.6 Å². The number of rotatable bonds is 7. The number of likely N-dealkylation sites (N-methyl/N-ethyl adjacent to an activating group) is 1. The molecule has 1 unspecified atom stereocenters. The fourth-order valence-corrected chi connectivity index (χ4v) is 3.07. The molecule has 0 fully saturated rings. The number of hydrogen-bond acceptors (Lipinski definition) is 2. The number of nitrogens with one attached hydrogen (secondary N) is 2. The van der Waals surface area contributed by atoms with E-state index < -0.39 is 0 Å². The summed E-state index contributed by atoms with van der Waals surface area (Å²) in [7, 11) is 3.67. The molecule has 0 aliphatic rings. The molecule has 0 aliphatic heterocycles. The molecule has 0 spiro atoms. The molecule has 0 aliphatic carbocycles. The number of halogens is 1. The van der Waals surface area contributed by atoms with Gasteiger partial charge in [-0.15, -0.1) is 0 Å². The Bertz CT molecular complexity index is 676. The Labute approximate surface area is 151 Å². The Morgan fingerprint density at radius 2 is 1.96 bits per heavy atom. The maximum atomic E-state index is 12.3. The van der Waals surface area contributed by atoms with E-state index in [-0.39, 0.29) is 11.9 Å². The van der Waals surface area contributed by atoms with Gasteiger partial charge in [0.15, 0.2) is 6.54 Å². The standard InChI is InChI=1S/C19H23BrN2O2/c1-14(15-7-5-4-6-8-15)21-19(23)13-22(2)12-16-11-17(20)9-10-18(16)24-3/h4-11,14H,12-13H2,1-3H3,(H,21,23)/p+1/t14-/m0/s1. The van der Waals surface area contributed by atoms with Gasteiger partial charge < -0.3 is 15.0 Å². The number of hydrogen-bond donors (Lipinski definition) is 2. The first kappa shape index (κ1) is 18.5. The van der Waals surface area contributed by atoms with Crippen molar-refractivity contribution < 1.29 is 14.4 Å². The molecule has 2 rings (SSSR count). The average Bonchev–Trinajstić information content (AvgIpc) is 2.55. The van der Waals surface area contributed by atoms with E-state index in [0.717, 1.165) is 32.8 Å². The first-order valence-electron chi connectivity index (χ1n) is 7.97. The summed E-state index contributed by atoms with van der Waals surface area (Å²) >= 11 is 3.48. The van der Waals surface area contributed by atoms with E-state index in [1.54, 1.807) is 7.11 Å². The number of carbonyl (C=O) groups is 1. The van der Waals surface area contributed by atoms with Crippen LogP contribution in [0.4, 0.5) is 0 Å². The van der Waals surface area contributed by atoms with Gasteiger partial charge in [-0.25, -0.2) is 0 Å². The first-order valence-corrected chi connectivity index (χ1v) is 8.77. The van der Waals surface area contributed by atoms with Crippen LogP contribution in [0.2, 0.25) is 0 Å². The number of methoxy groups -OCH3 is 1. The number of benzene rings is 2. The smallest absolute Gasteiger partial charge is 0.275 e. The van der Waals surface area contributed by atoms with Crippen molar-refractivity contribution in [1.29, 1.82) is 0 Å². The van der Waals surface area contributed by atoms with Crippen LogP contribution in [0.3, 0.4) is 0 Å². The van der Waals surface area contributed by atoms with E-state index in [1.165, 1.54) is 0 Å². The van der Waals surface area contributed by atoms with Gasteiger partial charge in [0, 0.05) is 10.0 Å². The summed E-state index contributed by atoms with van der Waals surface area (Å²) in [4.78, 5) is 13.4. The molecule has 2 aromatic rings. The molecule has 1 amide bonds. The van der Waals surface area contributed by atoms with Crippen LogP contribution in [0.15, 0.2) is 53.0 Å². The normalized spacial score (nSPS) is 13.2. The van der Waals surface area contributed by atoms with Crippen LogP contribution < -0.4 is 15.0 Å². The fraction of sp³-hybridized carbons (Fsp3) is 0.316. The Balaban J connectivity index is 1.91. The van der Waals surface area contributed by atoms with E-state index in [2.05, 4.69) is 21.2 Å². The number of quaternary nitrogens is 1. The second-order valence-electron chi connectivity index (χ2n) is 5.97. The van der Waals surface area contributed by atoms with E-state index in [0.29, 0.717) is 6.54 Å². The lowest BCUT2D eigenvalue weighted by molar-refractivity contribution is -0.885. The van der Waals surface area contributed by atoms with Crippen LogP contribution in [0, 0.1) is 0 Å². The summed E-state index contributed by atoms with van der Waals surface area (Å²) in [6.45, 7) is 3.13. The molecule has 2 aromatic carbocycles. The van der Waals surface area contributed by atoms with E-state index in [1.807, 2.05) is 62.5 Å². The van der Waals surface area contributed by atoms with Gasteiger partial charge in [0.1, 0.15) is 12.3 Å². The van der Waals surface area contributed by atoms with Crippen molar-refractivity contribution in [2.75, 3.05) is 20.7 Å². The lowest BCUT2D eigenvalue weighted by atomic mass is 10.1. The Kier molecular flexibility index (Phi) is 6.82. The molecular weight excluding hydrogens is 368 g/mol. The van der Waals surface area contributed by atoms with E-state index in [4.69, 9.17) is 4.74 Å². The highest BCUT2D eigenvalue weighted by molar-refractivity contribution is 9.10. The third kappa shape index (κ3) is 5.35. The number of carbonyl (C=O) groups excluding carboxylic acids is 1. The van der Waals surface area contributed by atoms with Gasteiger partial charge in [0.2, 0.25) is 0 Å². The molecule has 2 atom stereocenters. The summed E-state index contributed by atoms with van der Waals surface area (Å²) in [5.74, 6) is 0.883. The highest BCUT2D eigenvalue weighted by atomic mass is 79.9. The summed E-state index contributed by atoms with van der Waals surface area (Å²) in [5.41, 5.74) is 2.19. The van der Waals surface area contributed by atoms with Gasteiger partial charge in [-0.05, 0) is 30.7 Å². The van der Waals surface area contributed by atoms with Gasteiger partial charge in [-0.3, -0.25) is 4.79 Å². The maximum absolute atomic E-state index is 12.3. The van der Waals surface area contributed by atoms with Crippen LogP contribution in [-0.2, 0) is 11.3 Å². The van der Waals surface area contributed by atoms with Crippen LogP contribution in [0.1, 0.15) is 24.1 Å². The lowest BCUT2D eigenvalue weighted by Crippen LogP contribution is -3.08. The van der Waals surface area contributed by atoms with Crippen molar-refractivity contribution in [2.45, 2.75) is 19.5 Å². The second-order valence-corrected chi connectivity index (χ2v) is 6.88. The van der Waals surface area contributed by atoms with E-state index >= 15 is 0 Å². The number of ether oxygens (including phenoxy) is 1.